The summed E-state index contributed by atoms with van der Waals surface area (Å²) in [5, 5.41) is 8.65. The lowest BCUT2D eigenvalue weighted by Crippen LogP contribution is -2.30. The zero-order valence-electron chi connectivity index (χ0n) is 31.6. The van der Waals surface area contributed by atoms with E-state index in [-0.39, 0.29) is 17.0 Å². The molecule has 0 saturated heterocycles. The predicted molar refractivity (Wildman–Crippen MR) is 222 cm³/mol. The molecule has 0 saturated carbocycles. The quantitative estimate of drug-likeness (QED) is 0.0700. The van der Waals surface area contributed by atoms with Crippen LogP contribution in [0, 0.1) is 18.3 Å². The molecule has 1 aliphatic rings. The average molecular weight is 772 g/mol. The minimum absolute atomic E-state index is 0.0752. The third-order valence-electron chi connectivity index (χ3n) is 9.72. The van der Waals surface area contributed by atoms with Gasteiger partial charge in [-0.3, -0.25) is 14.4 Å². The van der Waals surface area contributed by atoms with Crippen molar-refractivity contribution in [3.8, 4) is 0 Å². The number of methoxy groups -OCH3 is 1. The van der Waals surface area contributed by atoms with Crippen molar-refractivity contribution in [2.24, 2.45) is 11.3 Å². The Balaban J connectivity index is 1.25. The third-order valence-corrected chi connectivity index (χ3v) is 12.1. The van der Waals surface area contributed by atoms with Crippen molar-refractivity contribution in [1.82, 2.24) is 5.32 Å². The van der Waals surface area contributed by atoms with Crippen LogP contribution in [0.3, 0.4) is 0 Å². The molecule has 55 heavy (non-hydrogen) atoms. The van der Waals surface area contributed by atoms with Crippen molar-refractivity contribution < 1.29 is 23.9 Å². The first kappa shape index (κ1) is 39.2. The van der Waals surface area contributed by atoms with Crippen molar-refractivity contribution in [2.75, 3.05) is 17.7 Å². The molecule has 282 valence electrons. The number of nitrogens with one attached hydrogen (secondary N) is 3. The van der Waals surface area contributed by atoms with Gasteiger partial charge in [-0.1, -0.05) is 105 Å². The predicted octanol–water partition coefficient (Wildman–Crippen LogP) is 9.88. The van der Waals surface area contributed by atoms with Crippen LogP contribution in [0.15, 0.2) is 120 Å². The lowest BCUT2D eigenvalue weighted by Gasteiger charge is -2.33. The monoisotopic (exact) mass is 771 g/mol. The molecule has 5 aromatic rings. The number of thioether (sulfide) groups is 1. The van der Waals surface area contributed by atoms with E-state index in [1.165, 1.54) is 30.2 Å². The van der Waals surface area contributed by atoms with Crippen LogP contribution in [-0.2, 0) is 27.2 Å². The van der Waals surface area contributed by atoms with Crippen LogP contribution < -0.4 is 16.0 Å². The van der Waals surface area contributed by atoms with Crippen molar-refractivity contribution in [3.63, 3.8) is 0 Å². The van der Waals surface area contributed by atoms with Gasteiger partial charge in [0.05, 0.1) is 12.7 Å². The van der Waals surface area contributed by atoms with E-state index in [0.717, 1.165) is 51.3 Å². The molecule has 10 heteroatoms. The maximum Gasteiger partial charge on any atom is 0.341 e. The van der Waals surface area contributed by atoms with E-state index in [9.17, 15) is 19.2 Å². The number of fused-ring (bicyclic) bond motifs is 1. The van der Waals surface area contributed by atoms with Gasteiger partial charge < -0.3 is 20.7 Å². The molecule has 6 rings (SSSR count). The number of rotatable bonds is 11. The van der Waals surface area contributed by atoms with E-state index in [1.807, 2.05) is 73.7 Å². The second kappa shape index (κ2) is 17.3. The van der Waals surface area contributed by atoms with E-state index >= 15 is 0 Å². The van der Waals surface area contributed by atoms with E-state index < -0.39 is 23.0 Å². The molecule has 1 aliphatic carbocycles. The Morgan fingerprint density at radius 2 is 1.56 bits per heavy atom. The summed E-state index contributed by atoms with van der Waals surface area (Å²) in [5.74, 6) is -1.19. The molecule has 0 spiro atoms. The van der Waals surface area contributed by atoms with Crippen LogP contribution in [0.1, 0.15) is 80.3 Å². The zero-order valence-corrected chi connectivity index (χ0v) is 33.2. The number of benzene rings is 4. The van der Waals surface area contributed by atoms with E-state index in [0.29, 0.717) is 27.7 Å². The lowest BCUT2D eigenvalue weighted by molar-refractivity contribution is -0.116. The Morgan fingerprint density at radius 3 is 2.24 bits per heavy atom. The summed E-state index contributed by atoms with van der Waals surface area (Å²) in [5.41, 5.74) is 5.11. The second-order valence-electron chi connectivity index (χ2n) is 14.7. The summed E-state index contributed by atoms with van der Waals surface area (Å²) >= 11 is 2.79. The van der Waals surface area contributed by atoms with Crippen LogP contribution in [0.25, 0.3) is 6.08 Å². The zero-order chi connectivity index (χ0) is 39.1. The largest absolute Gasteiger partial charge is 0.465 e. The molecular weight excluding hydrogens is 727 g/mol. The Hall–Kier alpha value is -5.45. The summed E-state index contributed by atoms with van der Waals surface area (Å²) in [6, 6.07) is 33.0. The number of carbonyl (C=O) groups is 4. The Kier molecular flexibility index (Phi) is 12.4. The number of carbonyl (C=O) groups excluding carboxylic acids is 4. The summed E-state index contributed by atoms with van der Waals surface area (Å²) in [6.45, 7) is 8.71. The smallest absolute Gasteiger partial charge is 0.341 e. The number of thiophene rings is 1. The van der Waals surface area contributed by atoms with Crippen molar-refractivity contribution >= 4 is 63.6 Å². The van der Waals surface area contributed by atoms with Gasteiger partial charge in [0.25, 0.3) is 11.8 Å². The van der Waals surface area contributed by atoms with Gasteiger partial charge in [0.2, 0.25) is 5.91 Å². The van der Waals surface area contributed by atoms with Gasteiger partial charge in [0.15, 0.2) is 0 Å². The van der Waals surface area contributed by atoms with Gasteiger partial charge in [-0.05, 0) is 90.6 Å². The summed E-state index contributed by atoms with van der Waals surface area (Å²) < 4.78 is 5.21. The summed E-state index contributed by atoms with van der Waals surface area (Å²) in [6.07, 6.45) is 4.19. The third kappa shape index (κ3) is 9.81. The number of hydrogen-bond acceptors (Lipinski definition) is 7. The second-order valence-corrected chi connectivity index (χ2v) is 17.0. The first-order valence-electron chi connectivity index (χ1n) is 18.2. The first-order valence-corrected chi connectivity index (χ1v) is 19.9. The van der Waals surface area contributed by atoms with Gasteiger partial charge in [-0.2, -0.15) is 0 Å². The number of anilines is 2. The molecule has 3 N–H and O–H groups in total. The fourth-order valence-electron chi connectivity index (χ4n) is 6.56. The van der Waals surface area contributed by atoms with Crippen molar-refractivity contribution in [1.29, 1.82) is 0 Å². The molecule has 0 bridgehead atoms. The Morgan fingerprint density at radius 1 is 0.873 bits per heavy atom. The number of ether oxygens (including phenoxy) is 1. The van der Waals surface area contributed by atoms with Crippen molar-refractivity contribution in [3.05, 3.63) is 153 Å². The summed E-state index contributed by atoms with van der Waals surface area (Å²) in [7, 11) is 1.37. The number of amides is 3. The lowest BCUT2D eigenvalue weighted by atomic mass is 9.72. The molecule has 0 fully saturated rings. The molecule has 1 heterocycles. The fourth-order valence-corrected chi connectivity index (χ4v) is 8.96. The number of esters is 1. The van der Waals surface area contributed by atoms with Gasteiger partial charge in [0, 0.05) is 21.0 Å². The van der Waals surface area contributed by atoms with E-state index in [2.05, 4.69) is 36.7 Å². The summed E-state index contributed by atoms with van der Waals surface area (Å²) in [4.78, 5) is 56.2. The van der Waals surface area contributed by atoms with Crippen LogP contribution in [-0.4, -0.2) is 30.8 Å². The molecule has 2 atom stereocenters. The van der Waals surface area contributed by atoms with Gasteiger partial charge in [-0.15, -0.1) is 23.1 Å². The van der Waals surface area contributed by atoms with Crippen LogP contribution in [0.2, 0.25) is 0 Å². The SMILES string of the molecule is COC(=O)c1c(NC(=O)C(Sc2cccc(NC(=O)/C(=C/c3ccc(C)cc3)NC(=O)c3ccccc3)c2)c2ccccc2)sc2c1CCC(C(C)(C)C)C2. The van der Waals surface area contributed by atoms with E-state index in [4.69, 9.17) is 4.74 Å². The molecule has 0 radical (unpaired) electrons. The standard InChI is InChI=1S/C45H45N3O5S2/c1-28-19-21-29(22-20-28)25-36(47-40(49)31-15-10-7-11-16-31)41(50)46-33-17-12-18-34(27-33)54-39(30-13-8-6-9-14-30)42(51)48-43-38(44(52)53-5)35-24-23-32(45(2,3)4)26-37(35)55-43/h6-22,25,27,32,39H,23-24,26H2,1-5H3,(H,46,50)(H,47,49)(H,48,51)/b36-25-. The van der Waals surface area contributed by atoms with Crippen LogP contribution >= 0.6 is 23.1 Å². The van der Waals surface area contributed by atoms with E-state index in [1.54, 1.807) is 48.5 Å². The normalized spacial score (nSPS) is 14.6. The highest BCUT2D eigenvalue weighted by molar-refractivity contribution is 8.00. The number of hydrogen-bond donors (Lipinski definition) is 3. The first-order chi connectivity index (χ1) is 26.4. The average Bonchev–Trinajstić information content (AvgIpc) is 3.54. The molecular formula is C45H45N3O5S2. The minimum Gasteiger partial charge on any atom is -0.465 e. The number of aryl methyl sites for hydroxylation is 1. The maximum atomic E-state index is 14.3. The van der Waals surface area contributed by atoms with Crippen LogP contribution in [0.4, 0.5) is 10.7 Å². The molecule has 0 aliphatic heterocycles. The van der Waals surface area contributed by atoms with Gasteiger partial charge >= 0.3 is 5.97 Å². The minimum atomic E-state index is -0.693. The Labute approximate surface area is 330 Å². The molecule has 3 amide bonds. The van der Waals surface area contributed by atoms with Crippen LogP contribution in [0.5, 0.6) is 0 Å². The highest BCUT2D eigenvalue weighted by atomic mass is 32.2. The topological polar surface area (TPSA) is 114 Å². The molecule has 1 aromatic heterocycles. The fraction of sp³-hybridized carbons (Fsp3) is 0.244. The highest BCUT2D eigenvalue weighted by Gasteiger charge is 2.35. The van der Waals surface area contributed by atoms with Crippen molar-refractivity contribution in [2.45, 2.75) is 57.1 Å². The maximum absolute atomic E-state index is 14.3. The Bertz CT molecular complexity index is 2210. The highest BCUT2D eigenvalue weighted by Crippen LogP contribution is 2.45. The molecule has 2 unspecified atom stereocenters. The van der Waals surface area contributed by atoms with Gasteiger partial charge in [0.1, 0.15) is 15.9 Å². The molecule has 4 aromatic carbocycles. The molecule has 8 nitrogen and oxygen atoms in total. The van der Waals surface area contributed by atoms with Gasteiger partial charge in [-0.25, -0.2) is 4.79 Å².